The number of nitrogens with zero attached hydrogens (tertiary/aromatic N) is 2. The summed E-state index contributed by atoms with van der Waals surface area (Å²) < 4.78 is 2.57. The van der Waals surface area contributed by atoms with E-state index >= 15 is 0 Å². The molecule has 0 aliphatic heterocycles. The summed E-state index contributed by atoms with van der Waals surface area (Å²) in [7, 11) is 1.87. The summed E-state index contributed by atoms with van der Waals surface area (Å²) in [6.07, 6.45) is 8.23. The average molecular weight is 380 g/mol. The fourth-order valence-corrected chi connectivity index (χ4v) is 6.37. The van der Waals surface area contributed by atoms with Crippen molar-refractivity contribution in [2.45, 2.75) is 58.4 Å². The van der Waals surface area contributed by atoms with E-state index in [1.165, 1.54) is 38.5 Å². The van der Waals surface area contributed by atoms with Crippen LogP contribution in [-0.4, -0.2) is 21.7 Å². The van der Waals surface area contributed by atoms with Gasteiger partial charge >= 0.3 is 0 Å². The molecule has 1 aromatic rings. The maximum Gasteiger partial charge on any atom is 0.273 e. The van der Waals surface area contributed by atoms with Gasteiger partial charge in [0.2, 0.25) is 0 Å². The molecule has 4 nitrogen and oxygen atoms in total. The highest BCUT2D eigenvalue weighted by molar-refractivity contribution is 9.10. The molecule has 4 aliphatic rings. The van der Waals surface area contributed by atoms with Gasteiger partial charge in [0.1, 0.15) is 0 Å². The minimum absolute atomic E-state index is 0.0381. The lowest BCUT2D eigenvalue weighted by Gasteiger charge is -2.59. The van der Waals surface area contributed by atoms with Gasteiger partial charge in [0.05, 0.1) is 10.2 Å². The summed E-state index contributed by atoms with van der Waals surface area (Å²) in [5, 5.41) is 7.66. The summed E-state index contributed by atoms with van der Waals surface area (Å²) in [4.78, 5) is 12.7. The Labute approximate surface area is 146 Å². The lowest BCUT2D eigenvalue weighted by molar-refractivity contribution is -0.0688. The quantitative estimate of drug-likeness (QED) is 0.867. The van der Waals surface area contributed by atoms with Crippen LogP contribution in [0.15, 0.2) is 4.47 Å². The standard InChI is InChI=1S/C18H26BrN3O/c1-10-15(19)16(21-22(10)3)17(23)20-11(2)18-7-12-4-13(8-18)6-14(5-12)9-18/h11-14H,4-9H2,1-3H3,(H,20,23)/t11-,12?,13?,14?,18?/m0/s1. The minimum Gasteiger partial charge on any atom is -0.348 e. The van der Waals surface area contributed by atoms with Crippen molar-refractivity contribution in [3.05, 3.63) is 15.9 Å². The van der Waals surface area contributed by atoms with Crippen molar-refractivity contribution in [1.29, 1.82) is 0 Å². The van der Waals surface area contributed by atoms with Gasteiger partial charge < -0.3 is 5.32 Å². The molecule has 0 radical (unpaired) electrons. The normalized spacial score (nSPS) is 36.3. The Morgan fingerprint density at radius 2 is 1.78 bits per heavy atom. The number of halogens is 1. The van der Waals surface area contributed by atoms with Crippen LogP contribution in [0.3, 0.4) is 0 Å². The molecular formula is C18H26BrN3O. The number of rotatable bonds is 3. The van der Waals surface area contributed by atoms with Crippen LogP contribution in [-0.2, 0) is 7.05 Å². The van der Waals surface area contributed by atoms with Gasteiger partial charge in [0.25, 0.3) is 5.91 Å². The smallest absolute Gasteiger partial charge is 0.273 e. The summed E-state index contributed by atoms with van der Waals surface area (Å²) in [5.41, 5.74) is 1.83. The van der Waals surface area contributed by atoms with E-state index < -0.39 is 0 Å². The van der Waals surface area contributed by atoms with E-state index in [0.717, 1.165) is 27.9 Å². The summed E-state index contributed by atoms with van der Waals surface area (Å²) >= 11 is 3.51. The monoisotopic (exact) mass is 379 g/mol. The zero-order valence-electron chi connectivity index (χ0n) is 14.2. The SMILES string of the molecule is Cc1c(Br)c(C(=O)N[C@@H](C)C23CC4CC(CC(C4)C2)C3)nn1C. The maximum absolute atomic E-state index is 12.7. The van der Waals surface area contributed by atoms with Crippen molar-refractivity contribution in [2.75, 3.05) is 0 Å². The molecule has 23 heavy (non-hydrogen) atoms. The number of carbonyl (C=O) groups excluding carboxylic acids is 1. The lowest BCUT2D eigenvalue weighted by Crippen LogP contribution is -2.55. The Kier molecular flexibility index (Phi) is 3.63. The van der Waals surface area contributed by atoms with Gasteiger partial charge in [-0.1, -0.05) is 0 Å². The number of aromatic nitrogens is 2. The van der Waals surface area contributed by atoms with Gasteiger partial charge in [-0.2, -0.15) is 5.10 Å². The maximum atomic E-state index is 12.7. The number of amides is 1. The number of nitrogens with one attached hydrogen (secondary N) is 1. The van der Waals surface area contributed by atoms with E-state index in [-0.39, 0.29) is 11.9 Å². The van der Waals surface area contributed by atoms with Crippen LogP contribution in [0.1, 0.15) is 61.6 Å². The van der Waals surface area contributed by atoms with Crippen LogP contribution in [0.4, 0.5) is 0 Å². The molecule has 126 valence electrons. The third kappa shape index (κ3) is 2.46. The van der Waals surface area contributed by atoms with E-state index in [1.54, 1.807) is 4.68 Å². The molecule has 1 atom stereocenters. The van der Waals surface area contributed by atoms with Crippen LogP contribution >= 0.6 is 15.9 Å². The van der Waals surface area contributed by atoms with Crippen LogP contribution in [0, 0.1) is 30.1 Å². The third-order valence-electron chi connectivity index (χ3n) is 6.83. The van der Waals surface area contributed by atoms with Crippen LogP contribution in [0.2, 0.25) is 0 Å². The minimum atomic E-state index is -0.0381. The molecule has 0 unspecified atom stereocenters. The largest absolute Gasteiger partial charge is 0.348 e. The number of hydrogen-bond donors (Lipinski definition) is 1. The summed E-state index contributed by atoms with van der Waals surface area (Å²) in [6.45, 7) is 4.19. The highest BCUT2D eigenvalue weighted by Crippen LogP contribution is 2.61. The van der Waals surface area contributed by atoms with Gasteiger partial charge in [-0.15, -0.1) is 0 Å². The topological polar surface area (TPSA) is 46.9 Å². The molecule has 4 saturated carbocycles. The zero-order chi connectivity index (χ0) is 16.4. The van der Waals surface area contributed by atoms with E-state index in [9.17, 15) is 4.79 Å². The van der Waals surface area contributed by atoms with Crippen LogP contribution in [0.25, 0.3) is 0 Å². The molecule has 5 rings (SSSR count). The highest BCUT2D eigenvalue weighted by Gasteiger charge is 2.53. The molecule has 4 aliphatic carbocycles. The molecule has 4 fully saturated rings. The second-order valence-electron chi connectivity index (χ2n) is 8.35. The number of hydrogen-bond acceptors (Lipinski definition) is 2. The first-order chi connectivity index (χ1) is 10.9. The van der Waals surface area contributed by atoms with Crippen LogP contribution < -0.4 is 5.32 Å². The molecule has 0 aromatic carbocycles. The predicted octanol–water partition coefficient (Wildman–Crippen LogP) is 3.83. The summed E-state index contributed by atoms with van der Waals surface area (Å²) in [6, 6.07) is 0.234. The number of carbonyl (C=O) groups is 1. The van der Waals surface area contributed by atoms with Crippen molar-refractivity contribution in [3.8, 4) is 0 Å². The van der Waals surface area contributed by atoms with Crippen molar-refractivity contribution in [3.63, 3.8) is 0 Å². The second-order valence-corrected chi connectivity index (χ2v) is 9.14. The average Bonchev–Trinajstić information content (AvgIpc) is 2.73. The molecule has 4 bridgehead atoms. The van der Waals surface area contributed by atoms with Gasteiger partial charge in [-0.05, 0) is 91.5 Å². The number of aryl methyl sites for hydroxylation is 1. The fraction of sp³-hybridized carbons (Fsp3) is 0.778. The second kappa shape index (κ2) is 5.33. The Balaban J connectivity index is 1.52. The van der Waals surface area contributed by atoms with Gasteiger partial charge in [0, 0.05) is 13.1 Å². The van der Waals surface area contributed by atoms with Crippen LogP contribution in [0.5, 0.6) is 0 Å². The molecule has 1 N–H and O–H groups in total. The van der Waals surface area contributed by atoms with Crippen molar-refractivity contribution >= 4 is 21.8 Å². The van der Waals surface area contributed by atoms with Crippen molar-refractivity contribution in [1.82, 2.24) is 15.1 Å². The first kappa shape index (κ1) is 15.7. The zero-order valence-corrected chi connectivity index (χ0v) is 15.8. The first-order valence-corrected chi connectivity index (χ1v) is 9.67. The Bertz CT molecular complexity index is 616. The molecule has 1 amide bonds. The van der Waals surface area contributed by atoms with E-state index in [4.69, 9.17) is 0 Å². The predicted molar refractivity (Wildman–Crippen MR) is 93.2 cm³/mol. The molecule has 0 saturated heterocycles. The van der Waals surface area contributed by atoms with E-state index in [1.807, 2.05) is 14.0 Å². The Morgan fingerprint density at radius 1 is 1.26 bits per heavy atom. The lowest BCUT2D eigenvalue weighted by atomic mass is 9.48. The summed E-state index contributed by atoms with van der Waals surface area (Å²) in [5.74, 6) is 2.68. The van der Waals surface area contributed by atoms with Gasteiger partial charge in [-0.25, -0.2) is 0 Å². The highest BCUT2D eigenvalue weighted by atomic mass is 79.9. The molecule has 5 heteroatoms. The van der Waals surface area contributed by atoms with Crippen molar-refractivity contribution < 1.29 is 4.79 Å². The Morgan fingerprint density at radius 3 is 2.22 bits per heavy atom. The molecular weight excluding hydrogens is 354 g/mol. The van der Waals surface area contributed by atoms with E-state index in [0.29, 0.717) is 11.1 Å². The van der Waals surface area contributed by atoms with Crippen molar-refractivity contribution in [2.24, 2.45) is 30.2 Å². The van der Waals surface area contributed by atoms with Gasteiger partial charge in [0.15, 0.2) is 5.69 Å². The Hall–Kier alpha value is -0.840. The van der Waals surface area contributed by atoms with E-state index in [2.05, 4.69) is 33.3 Å². The molecule has 0 spiro atoms. The van der Waals surface area contributed by atoms with Gasteiger partial charge in [-0.3, -0.25) is 9.48 Å². The molecule has 1 aromatic heterocycles. The molecule has 1 heterocycles. The fourth-order valence-electron chi connectivity index (χ4n) is 5.85. The first-order valence-electron chi connectivity index (χ1n) is 8.88. The third-order valence-corrected chi connectivity index (χ3v) is 7.78.